The lowest BCUT2D eigenvalue weighted by Crippen LogP contribution is -2.47. The van der Waals surface area contributed by atoms with Crippen molar-refractivity contribution in [1.82, 2.24) is 10.2 Å². The van der Waals surface area contributed by atoms with E-state index in [2.05, 4.69) is 10.2 Å². The van der Waals surface area contributed by atoms with Crippen molar-refractivity contribution in [1.29, 1.82) is 0 Å². The first kappa shape index (κ1) is 16.1. The summed E-state index contributed by atoms with van der Waals surface area (Å²) in [6.07, 6.45) is 1.18. The second kappa shape index (κ2) is 5.97. The molecule has 2 fully saturated rings. The Labute approximate surface area is 154 Å². The van der Waals surface area contributed by atoms with Gasteiger partial charge in [-0.25, -0.2) is 8.61 Å². The van der Waals surface area contributed by atoms with Gasteiger partial charge in [0.15, 0.2) is 0 Å². The first-order valence-corrected chi connectivity index (χ1v) is 10.5. The first-order valence-electron chi connectivity index (χ1n) is 9.09. The Morgan fingerprint density at radius 3 is 2.38 bits per heavy atom. The van der Waals surface area contributed by atoms with Crippen LogP contribution in [0.25, 0.3) is 0 Å². The molecule has 7 heteroatoms. The van der Waals surface area contributed by atoms with Gasteiger partial charge in [-0.2, -0.15) is 8.42 Å². The van der Waals surface area contributed by atoms with Crippen molar-refractivity contribution < 1.29 is 8.42 Å². The van der Waals surface area contributed by atoms with E-state index in [1.807, 2.05) is 54.6 Å². The summed E-state index contributed by atoms with van der Waals surface area (Å²) in [5, 5.41) is 3.49. The molecule has 2 saturated heterocycles. The van der Waals surface area contributed by atoms with E-state index in [9.17, 15) is 8.42 Å². The van der Waals surface area contributed by atoms with Gasteiger partial charge in [-0.3, -0.25) is 4.90 Å². The highest BCUT2D eigenvalue weighted by Crippen LogP contribution is 2.44. The Kier molecular flexibility index (Phi) is 3.70. The summed E-state index contributed by atoms with van der Waals surface area (Å²) in [5.74, 6) is 0. The zero-order valence-electron chi connectivity index (χ0n) is 14.5. The van der Waals surface area contributed by atoms with Crippen molar-refractivity contribution in [3.05, 3.63) is 54.6 Å². The SMILES string of the molecule is O=S1(=O)N(CCN2CC3CC2CN3)c2ccccc2N1c1ccccc1. The Morgan fingerprint density at radius 2 is 1.69 bits per heavy atom. The van der Waals surface area contributed by atoms with Crippen LogP contribution in [0.4, 0.5) is 17.1 Å². The van der Waals surface area contributed by atoms with Crippen LogP contribution in [0.2, 0.25) is 0 Å². The van der Waals surface area contributed by atoms with Crippen LogP contribution in [0.5, 0.6) is 0 Å². The third kappa shape index (κ3) is 2.42. The van der Waals surface area contributed by atoms with Crippen LogP contribution in [0, 0.1) is 0 Å². The molecule has 3 aliphatic rings. The van der Waals surface area contributed by atoms with Gasteiger partial charge in [0, 0.05) is 38.3 Å². The van der Waals surface area contributed by atoms with Crippen molar-refractivity contribution in [2.24, 2.45) is 0 Å². The maximum atomic E-state index is 13.3. The Balaban J connectivity index is 1.46. The van der Waals surface area contributed by atoms with Crippen molar-refractivity contribution in [3.63, 3.8) is 0 Å². The van der Waals surface area contributed by atoms with E-state index in [4.69, 9.17) is 0 Å². The highest BCUT2D eigenvalue weighted by atomic mass is 32.2. The number of nitrogens with one attached hydrogen (secondary N) is 1. The van der Waals surface area contributed by atoms with Crippen LogP contribution in [0.3, 0.4) is 0 Å². The maximum absolute atomic E-state index is 13.3. The monoisotopic (exact) mass is 370 g/mol. The summed E-state index contributed by atoms with van der Waals surface area (Å²) in [7, 11) is -3.62. The molecule has 1 N–H and O–H groups in total. The molecule has 2 unspecified atom stereocenters. The highest BCUT2D eigenvalue weighted by molar-refractivity contribution is 7.95. The lowest BCUT2D eigenvalue weighted by molar-refractivity contribution is 0.233. The Hall–Kier alpha value is -2.09. The van der Waals surface area contributed by atoms with Crippen LogP contribution in [0.15, 0.2) is 54.6 Å². The fraction of sp³-hybridized carbons (Fsp3) is 0.368. The number of nitrogens with zero attached hydrogens (tertiary/aromatic N) is 3. The summed E-state index contributed by atoms with van der Waals surface area (Å²) in [4.78, 5) is 2.42. The predicted molar refractivity (Wildman–Crippen MR) is 103 cm³/mol. The summed E-state index contributed by atoms with van der Waals surface area (Å²) >= 11 is 0. The van der Waals surface area contributed by atoms with Gasteiger partial charge >= 0.3 is 10.2 Å². The lowest BCUT2D eigenvalue weighted by atomic mass is 10.2. The van der Waals surface area contributed by atoms with E-state index in [0.29, 0.717) is 24.3 Å². The number of likely N-dealkylation sites (tertiary alicyclic amines) is 1. The van der Waals surface area contributed by atoms with Crippen molar-refractivity contribution in [3.8, 4) is 0 Å². The molecule has 2 aromatic rings. The minimum atomic E-state index is -3.62. The molecule has 3 aliphatic heterocycles. The molecule has 5 rings (SSSR count). The number of benzene rings is 2. The molecule has 0 amide bonds. The fourth-order valence-corrected chi connectivity index (χ4v) is 6.11. The van der Waals surface area contributed by atoms with E-state index < -0.39 is 10.2 Å². The summed E-state index contributed by atoms with van der Waals surface area (Å²) in [6.45, 7) is 3.28. The van der Waals surface area contributed by atoms with Crippen LogP contribution in [-0.4, -0.2) is 51.6 Å². The number of rotatable bonds is 4. The van der Waals surface area contributed by atoms with Crippen LogP contribution in [-0.2, 0) is 10.2 Å². The van der Waals surface area contributed by atoms with Gasteiger partial charge in [0.25, 0.3) is 0 Å². The van der Waals surface area contributed by atoms with Gasteiger partial charge in [0.05, 0.1) is 17.1 Å². The Bertz CT molecular complexity index is 918. The molecule has 0 saturated carbocycles. The zero-order chi connectivity index (χ0) is 17.7. The van der Waals surface area contributed by atoms with Crippen LogP contribution in [0.1, 0.15) is 6.42 Å². The molecule has 26 heavy (non-hydrogen) atoms. The molecule has 0 radical (unpaired) electrons. The Morgan fingerprint density at radius 1 is 0.962 bits per heavy atom. The van der Waals surface area contributed by atoms with Gasteiger partial charge in [-0.05, 0) is 30.7 Å². The smallest absolute Gasteiger partial charge is 0.311 e. The molecule has 0 aliphatic carbocycles. The average Bonchev–Trinajstić information content (AvgIpc) is 3.32. The zero-order valence-corrected chi connectivity index (χ0v) is 15.3. The second-order valence-electron chi connectivity index (χ2n) is 7.16. The van der Waals surface area contributed by atoms with Crippen LogP contribution >= 0.6 is 0 Å². The normalized spacial score (nSPS) is 26.5. The average molecular weight is 370 g/mol. The number of para-hydroxylation sites is 3. The van der Waals surface area contributed by atoms with Crippen molar-refractivity contribution >= 4 is 27.3 Å². The minimum absolute atomic E-state index is 0.478. The second-order valence-corrected chi connectivity index (χ2v) is 8.86. The molecule has 2 atom stereocenters. The standard InChI is InChI=1S/C19H22N4O2S/c24-26(25)22(11-10-21-14-15-12-17(21)13-20-15)18-8-4-5-9-19(18)23(26)16-6-2-1-3-7-16/h1-9,15,17,20H,10-14H2. The van der Waals surface area contributed by atoms with Gasteiger partial charge in [0.1, 0.15) is 0 Å². The molecule has 0 aromatic heterocycles. The van der Waals surface area contributed by atoms with E-state index >= 15 is 0 Å². The largest absolute Gasteiger partial charge is 0.331 e. The summed E-state index contributed by atoms with van der Waals surface area (Å²) in [5.41, 5.74) is 2.16. The third-order valence-corrected chi connectivity index (χ3v) is 7.43. The molecule has 2 bridgehead atoms. The topological polar surface area (TPSA) is 55.9 Å². The fourth-order valence-electron chi connectivity index (χ4n) is 4.41. The van der Waals surface area contributed by atoms with Crippen molar-refractivity contribution in [2.75, 3.05) is 34.8 Å². The van der Waals surface area contributed by atoms with Gasteiger partial charge in [-0.15, -0.1) is 0 Å². The molecule has 3 heterocycles. The minimum Gasteiger partial charge on any atom is -0.311 e. The van der Waals surface area contributed by atoms with E-state index in [1.165, 1.54) is 10.7 Å². The molecule has 0 spiro atoms. The summed E-state index contributed by atoms with van der Waals surface area (Å²) < 4.78 is 29.7. The molecule has 6 nitrogen and oxygen atoms in total. The quantitative estimate of drug-likeness (QED) is 0.894. The van der Waals surface area contributed by atoms with Gasteiger partial charge in [-0.1, -0.05) is 30.3 Å². The number of hydrogen-bond donors (Lipinski definition) is 1. The van der Waals surface area contributed by atoms with Crippen LogP contribution < -0.4 is 13.9 Å². The van der Waals surface area contributed by atoms with Gasteiger partial charge in [0.2, 0.25) is 0 Å². The third-order valence-electron chi connectivity index (χ3n) is 5.63. The molecular formula is C19H22N4O2S. The predicted octanol–water partition coefficient (Wildman–Crippen LogP) is 1.94. The molecular weight excluding hydrogens is 348 g/mol. The summed E-state index contributed by atoms with van der Waals surface area (Å²) in [6, 6.07) is 18.0. The molecule has 2 aromatic carbocycles. The number of anilines is 3. The number of hydrogen-bond acceptors (Lipinski definition) is 4. The van der Waals surface area contributed by atoms with Crippen molar-refractivity contribution in [2.45, 2.75) is 18.5 Å². The van der Waals surface area contributed by atoms with E-state index in [1.54, 1.807) is 4.31 Å². The first-order chi connectivity index (χ1) is 12.6. The lowest BCUT2D eigenvalue weighted by Gasteiger charge is -2.29. The number of piperazine rings is 1. The highest BCUT2D eigenvalue weighted by Gasteiger charge is 2.42. The van der Waals surface area contributed by atoms with Gasteiger partial charge < -0.3 is 5.32 Å². The number of fused-ring (bicyclic) bond motifs is 3. The van der Waals surface area contributed by atoms with E-state index in [0.717, 1.165) is 31.0 Å². The molecule has 136 valence electrons. The van der Waals surface area contributed by atoms with E-state index in [-0.39, 0.29) is 0 Å². The maximum Gasteiger partial charge on any atom is 0.331 e.